The molecule has 0 radical (unpaired) electrons. The molecule has 154 valence electrons. The van der Waals surface area contributed by atoms with E-state index in [-0.39, 0.29) is 11.9 Å². The molecule has 3 aromatic rings. The lowest BCUT2D eigenvalue weighted by atomic mass is 9.88. The number of ether oxygens (including phenoxy) is 3. The maximum Gasteiger partial charge on any atom is 0.271 e. The van der Waals surface area contributed by atoms with Gasteiger partial charge in [0, 0.05) is 5.69 Å². The summed E-state index contributed by atoms with van der Waals surface area (Å²) in [5.74, 6) is 1.87. The van der Waals surface area contributed by atoms with Gasteiger partial charge in [-0.1, -0.05) is 36.4 Å². The van der Waals surface area contributed by atoms with Gasteiger partial charge in [0.2, 0.25) is 6.10 Å². The number of anilines is 1. The van der Waals surface area contributed by atoms with E-state index in [0.717, 1.165) is 22.4 Å². The molecule has 0 unspecified atom stereocenters. The molecule has 0 N–H and O–H groups in total. The molecule has 4 rings (SSSR count). The molecule has 2 atom stereocenters. The second-order valence-electron chi connectivity index (χ2n) is 7.41. The summed E-state index contributed by atoms with van der Waals surface area (Å²) in [6.45, 7) is 4.04. The highest BCUT2D eigenvalue weighted by atomic mass is 16.5. The predicted molar refractivity (Wildman–Crippen MR) is 117 cm³/mol. The number of β-lactam (4-membered cyclic amide) rings is 1. The zero-order valence-electron chi connectivity index (χ0n) is 17.6. The number of carbonyl (C=O) groups excluding carboxylic acids is 1. The summed E-state index contributed by atoms with van der Waals surface area (Å²) in [6, 6.07) is 21.0. The van der Waals surface area contributed by atoms with Crippen molar-refractivity contribution in [2.45, 2.75) is 26.0 Å². The van der Waals surface area contributed by atoms with Crippen molar-refractivity contribution in [3.05, 3.63) is 83.4 Å². The fourth-order valence-electron chi connectivity index (χ4n) is 3.83. The van der Waals surface area contributed by atoms with E-state index < -0.39 is 6.10 Å². The molecule has 1 saturated heterocycles. The average Bonchev–Trinajstić information content (AvgIpc) is 2.77. The quantitative estimate of drug-likeness (QED) is 0.552. The summed E-state index contributed by atoms with van der Waals surface area (Å²) in [6.07, 6.45) is -0.620. The Hall–Kier alpha value is -3.47. The summed E-state index contributed by atoms with van der Waals surface area (Å²) < 4.78 is 17.0. The first-order chi connectivity index (χ1) is 14.5. The summed E-state index contributed by atoms with van der Waals surface area (Å²) in [5, 5.41) is 0. The lowest BCUT2D eigenvalue weighted by Gasteiger charge is -2.47. The molecule has 0 aliphatic carbocycles. The molecule has 0 aromatic heterocycles. The maximum atomic E-state index is 13.2. The van der Waals surface area contributed by atoms with Gasteiger partial charge in [-0.2, -0.15) is 0 Å². The second kappa shape index (κ2) is 8.11. The number of nitrogens with zero attached hydrogens (tertiary/aromatic N) is 1. The molecular formula is C25H25NO4. The third-order valence-electron chi connectivity index (χ3n) is 5.43. The lowest BCUT2D eigenvalue weighted by Crippen LogP contribution is -2.61. The Labute approximate surface area is 176 Å². The van der Waals surface area contributed by atoms with Gasteiger partial charge in [-0.15, -0.1) is 0 Å². The van der Waals surface area contributed by atoms with Crippen LogP contribution in [0.3, 0.4) is 0 Å². The summed E-state index contributed by atoms with van der Waals surface area (Å²) in [5.41, 5.74) is 3.96. The topological polar surface area (TPSA) is 48.0 Å². The number of aryl methyl sites for hydroxylation is 2. The average molecular weight is 403 g/mol. The fraction of sp³-hybridized carbons (Fsp3) is 0.240. The number of hydrogen-bond acceptors (Lipinski definition) is 4. The van der Waals surface area contributed by atoms with Crippen LogP contribution in [0.4, 0.5) is 5.69 Å². The van der Waals surface area contributed by atoms with Gasteiger partial charge in [-0.25, -0.2) is 0 Å². The highest BCUT2D eigenvalue weighted by molar-refractivity contribution is 6.06. The van der Waals surface area contributed by atoms with Gasteiger partial charge < -0.3 is 14.2 Å². The lowest BCUT2D eigenvalue weighted by molar-refractivity contribution is -0.135. The molecule has 1 heterocycles. The SMILES string of the molecule is COc1ccc([C@@H]2[C@H](Oc3ccccc3)C(=O)N2c2cc(C)ccc2C)cc1OC. The van der Waals surface area contributed by atoms with Crippen molar-refractivity contribution in [3.63, 3.8) is 0 Å². The van der Waals surface area contributed by atoms with Crippen LogP contribution >= 0.6 is 0 Å². The predicted octanol–water partition coefficient (Wildman–Crippen LogP) is 4.86. The first-order valence-electron chi connectivity index (χ1n) is 9.87. The zero-order valence-corrected chi connectivity index (χ0v) is 17.6. The number of benzene rings is 3. The minimum Gasteiger partial charge on any atom is -0.493 e. The third kappa shape index (κ3) is 3.47. The number of para-hydroxylation sites is 1. The third-order valence-corrected chi connectivity index (χ3v) is 5.43. The molecule has 0 spiro atoms. The van der Waals surface area contributed by atoms with Gasteiger partial charge in [0.25, 0.3) is 5.91 Å². The van der Waals surface area contributed by atoms with Gasteiger partial charge in [-0.3, -0.25) is 9.69 Å². The van der Waals surface area contributed by atoms with Crippen LogP contribution < -0.4 is 19.1 Å². The standard InChI is InChI=1S/C25H25NO4/c1-16-10-11-17(2)20(14-16)26-23(18-12-13-21(28-3)22(15-18)29-4)24(25(26)27)30-19-8-6-5-7-9-19/h5-15,23-24H,1-4H3/t23-,24+/m1/s1. The molecule has 0 saturated carbocycles. The first kappa shape index (κ1) is 19.8. The van der Waals surface area contributed by atoms with Crippen molar-refractivity contribution >= 4 is 11.6 Å². The molecular weight excluding hydrogens is 378 g/mol. The summed E-state index contributed by atoms with van der Waals surface area (Å²) in [7, 11) is 3.21. The molecule has 1 amide bonds. The minimum atomic E-state index is -0.620. The Bertz CT molecular complexity index is 1060. The molecule has 1 aliphatic heterocycles. The molecule has 30 heavy (non-hydrogen) atoms. The van der Waals surface area contributed by atoms with Crippen LogP contribution in [0.2, 0.25) is 0 Å². The first-order valence-corrected chi connectivity index (χ1v) is 9.87. The Morgan fingerprint density at radius 2 is 1.57 bits per heavy atom. The highest BCUT2D eigenvalue weighted by Gasteiger charge is 2.51. The van der Waals surface area contributed by atoms with E-state index in [4.69, 9.17) is 14.2 Å². The van der Waals surface area contributed by atoms with Crippen molar-refractivity contribution in [2.75, 3.05) is 19.1 Å². The number of carbonyl (C=O) groups is 1. The van der Waals surface area contributed by atoms with Crippen LogP contribution in [0, 0.1) is 13.8 Å². The van der Waals surface area contributed by atoms with Gasteiger partial charge in [0.15, 0.2) is 11.5 Å². The fourth-order valence-corrected chi connectivity index (χ4v) is 3.83. The Morgan fingerprint density at radius 1 is 0.833 bits per heavy atom. The van der Waals surface area contributed by atoms with Crippen molar-refractivity contribution in [2.24, 2.45) is 0 Å². The Morgan fingerprint density at radius 3 is 2.27 bits per heavy atom. The Balaban J connectivity index is 1.77. The normalized spacial score (nSPS) is 18.0. The van der Waals surface area contributed by atoms with Gasteiger partial charge in [-0.05, 0) is 60.9 Å². The smallest absolute Gasteiger partial charge is 0.271 e. The van der Waals surface area contributed by atoms with Crippen LogP contribution in [0.1, 0.15) is 22.7 Å². The number of rotatable bonds is 6. The van der Waals surface area contributed by atoms with Crippen LogP contribution in [0.15, 0.2) is 66.7 Å². The van der Waals surface area contributed by atoms with E-state index >= 15 is 0 Å². The zero-order chi connectivity index (χ0) is 21.3. The maximum absolute atomic E-state index is 13.2. The number of methoxy groups -OCH3 is 2. The van der Waals surface area contributed by atoms with E-state index in [9.17, 15) is 4.79 Å². The molecule has 0 bridgehead atoms. The van der Waals surface area contributed by atoms with Gasteiger partial charge >= 0.3 is 0 Å². The molecule has 1 fully saturated rings. The molecule has 5 nitrogen and oxygen atoms in total. The van der Waals surface area contributed by atoms with E-state index in [0.29, 0.717) is 17.2 Å². The molecule has 5 heteroatoms. The van der Waals surface area contributed by atoms with Crippen LogP contribution in [-0.4, -0.2) is 26.2 Å². The minimum absolute atomic E-state index is 0.0627. The molecule has 1 aliphatic rings. The monoisotopic (exact) mass is 403 g/mol. The highest BCUT2D eigenvalue weighted by Crippen LogP contribution is 2.44. The van der Waals surface area contributed by atoms with Crippen LogP contribution in [0.25, 0.3) is 0 Å². The van der Waals surface area contributed by atoms with Gasteiger partial charge in [0.1, 0.15) is 11.8 Å². The summed E-state index contributed by atoms with van der Waals surface area (Å²) >= 11 is 0. The Kier molecular flexibility index (Phi) is 5.36. The van der Waals surface area contributed by atoms with Crippen molar-refractivity contribution in [1.82, 2.24) is 0 Å². The van der Waals surface area contributed by atoms with E-state index in [1.807, 2.05) is 85.5 Å². The second-order valence-corrected chi connectivity index (χ2v) is 7.41. The number of amides is 1. The van der Waals surface area contributed by atoms with E-state index in [2.05, 4.69) is 0 Å². The van der Waals surface area contributed by atoms with Crippen LogP contribution in [-0.2, 0) is 4.79 Å². The van der Waals surface area contributed by atoms with Crippen molar-refractivity contribution in [1.29, 1.82) is 0 Å². The van der Waals surface area contributed by atoms with E-state index in [1.54, 1.807) is 14.2 Å². The van der Waals surface area contributed by atoms with Gasteiger partial charge in [0.05, 0.1) is 14.2 Å². The summed E-state index contributed by atoms with van der Waals surface area (Å²) in [4.78, 5) is 15.1. The largest absolute Gasteiger partial charge is 0.493 e. The van der Waals surface area contributed by atoms with Crippen molar-refractivity contribution in [3.8, 4) is 17.2 Å². The van der Waals surface area contributed by atoms with Crippen LogP contribution in [0.5, 0.6) is 17.2 Å². The number of hydrogen-bond donors (Lipinski definition) is 0. The van der Waals surface area contributed by atoms with E-state index in [1.165, 1.54) is 0 Å². The molecule has 3 aromatic carbocycles. The van der Waals surface area contributed by atoms with Crippen molar-refractivity contribution < 1.29 is 19.0 Å².